The first-order valence-electron chi connectivity index (χ1n) is 31.4. The SMILES string of the molecule is CCCCCCCCCCCCC/C=C\[C@@H](O)[C@H](CO[C@@H]1O[C@H](CO)[C@@H](O[C@@H]2O[C@H](CO)[C@H](O)[C@H](C[C@]3(C(=O)O)C[C@H](O)[C@@H](NC(C)=O)[C@H]([C@H](O)[C@H](O)CO)O3)[C@H]2O)[C@H](O)[C@H]1O)NC(=O)CCCCCCCCCCCCCCCCC. The second kappa shape index (κ2) is 41.6. The molecule has 3 rings (SSSR count). The smallest absolute Gasteiger partial charge is 0.336 e. The number of carbonyl (C=O) groups excluding carboxylic acids is 2. The highest BCUT2D eigenvalue weighted by atomic mass is 16.7. The van der Waals surface area contributed by atoms with Gasteiger partial charge in [0.2, 0.25) is 11.8 Å². The van der Waals surface area contributed by atoms with Gasteiger partial charge in [-0.15, -0.1) is 0 Å². The van der Waals surface area contributed by atoms with Gasteiger partial charge >= 0.3 is 5.97 Å². The highest BCUT2D eigenvalue weighted by molar-refractivity contribution is 5.78. The number of ether oxygens (including phenoxy) is 5. The van der Waals surface area contributed by atoms with Crippen molar-refractivity contribution in [2.45, 2.75) is 317 Å². The number of nitrogens with one attached hydrogen (secondary N) is 2. The number of allylic oxidation sites excluding steroid dienone is 1. The predicted octanol–water partition coefficient (Wildman–Crippen LogP) is 3.83. The Balaban J connectivity index is 1.67. The lowest BCUT2D eigenvalue weighted by atomic mass is 9.74. The molecule has 0 aliphatic carbocycles. The monoisotopic (exact) mass is 1180 g/mol. The Hall–Kier alpha value is -2.49. The van der Waals surface area contributed by atoms with Crippen molar-refractivity contribution in [1.82, 2.24) is 10.6 Å². The van der Waals surface area contributed by atoms with Crippen LogP contribution in [0.1, 0.15) is 213 Å². The minimum absolute atomic E-state index is 0.213. The van der Waals surface area contributed by atoms with Gasteiger partial charge in [-0.1, -0.05) is 180 Å². The Labute approximate surface area is 487 Å². The van der Waals surface area contributed by atoms with Crippen molar-refractivity contribution in [1.29, 1.82) is 0 Å². The Morgan fingerprint density at radius 2 is 1.15 bits per heavy atom. The van der Waals surface area contributed by atoms with Crippen molar-refractivity contribution in [2.75, 3.05) is 26.4 Å². The molecule has 22 nitrogen and oxygen atoms in total. The van der Waals surface area contributed by atoms with E-state index in [2.05, 4.69) is 24.5 Å². The third-order valence-electron chi connectivity index (χ3n) is 16.6. The van der Waals surface area contributed by atoms with Crippen LogP contribution in [0.4, 0.5) is 0 Å². The van der Waals surface area contributed by atoms with Crippen molar-refractivity contribution >= 4 is 17.8 Å². The normalized spacial score (nSPS) is 30.2. The van der Waals surface area contributed by atoms with Crippen LogP contribution >= 0.6 is 0 Å². The average Bonchev–Trinajstić information content (AvgIpc) is 3.65. The summed E-state index contributed by atoms with van der Waals surface area (Å²) in [7, 11) is 0. The zero-order valence-corrected chi connectivity index (χ0v) is 49.6. The van der Waals surface area contributed by atoms with Crippen molar-refractivity contribution in [3.8, 4) is 0 Å². The molecule has 0 saturated carbocycles. The lowest BCUT2D eigenvalue weighted by molar-refractivity contribution is -0.358. The molecule has 82 heavy (non-hydrogen) atoms. The fourth-order valence-corrected chi connectivity index (χ4v) is 11.5. The summed E-state index contributed by atoms with van der Waals surface area (Å²) in [5.74, 6) is -4.44. The Morgan fingerprint density at radius 3 is 1.63 bits per heavy atom. The van der Waals surface area contributed by atoms with Crippen LogP contribution in [0.5, 0.6) is 0 Å². The van der Waals surface area contributed by atoms with E-state index >= 15 is 0 Å². The van der Waals surface area contributed by atoms with Gasteiger partial charge in [0.15, 0.2) is 18.2 Å². The minimum atomic E-state index is -2.58. The molecule has 0 bridgehead atoms. The van der Waals surface area contributed by atoms with Crippen molar-refractivity contribution in [3.63, 3.8) is 0 Å². The van der Waals surface area contributed by atoms with Crippen LogP contribution in [0.3, 0.4) is 0 Å². The quantitative estimate of drug-likeness (QED) is 0.0304. The molecule has 0 aromatic rings. The number of hydrogen-bond donors (Lipinski definition) is 14. The molecule has 0 unspecified atom stereocenters. The van der Waals surface area contributed by atoms with E-state index in [1.807, 2.05) is 6.08 Å². The number of carboxylic acids is 1. The number of aliphatic hydroxyl groups is 11. The molecular weight excluding hydrogens is 1070 g/mol. The molecule has 3 fully saturated rings. The Bertz CT molecular complexity index is 1730. The van der Waals surface area contributed by atoms with Crippen LogP contribution in [0.2, 0.25) is 0 Å². The van der Waals surface area contributed by atoms with Crippen LogP contribution in [0.25, 0.3) is 0 Å². The second-order valence-electron chi connectivity index (χ2n) is 23.5. The van der Waals surface area contributed by atoms with E-state index in [1.165, 1.54) is 116 Å². The average molecular weight is 1180 g/mol. The van der Waals surface area contributed by atoms with E-state index in [1.54, 1.807) is 6.08 Å². The molecule has 3 aliphatic heterocycles. The lowest BCUT2D eigenvalue weighted by Crippen LogP contribution is -2.69. The molecule has 0 aromatic heterocycles. The van der Waals surface area contributed by atoms with Crippen LogP contribution in [0, 0.1) is 5.92 Å². The minimum Gasteiger partial charge on any atom is -0.479 e. The molecule has 0 spiro atoms. The molecule has 22 heteroatoms. The summed E-state index contributed by atoms with van der Waals surface area (Å²) in [5.41, 5.74) is -2.58. The first-order chi connectivity index (χ1) is 39.4. The maximum Gasteiger partial charge on any atom is 0.336 e. The van der Waals surface area contributed by atoms with Gasteiger partial charge in [-0.2, -0.15) is 0 Å². The maximum absolute atomic E-state index is 13.4. The van der Waals surface area contributed by atoms with E-state index in [-0.39, 0.29) is 12.3 Å². The Kier molecular flexibility index (Phi) is 37.4. The molecule has 3 heterocycles. The molecule has 480 valence electrons. The van der Waals surface area contributed by atoms with Crippen molar-refractivity contribution in [2.24, 2.45) is 5.92 Å². The molecule has 14 N–H and O–H groups in total. The number of amides is 2. The summed E-state index contributed by atoms with van der Waals surface area (Å²) in [6.45, 7) is 2.30. The third kappa shape index (κ3) is 25.5. The predicted molar refractivity (Wildman–Crippen MR) is 305 cm³/mol. The first kappa shape index (κ1) is 73.8. The summed E-state index contributed by atoms with van der Waals surface area (Å²) in [6, 6.07) is -2.52. The summed E-state index contributed by atoms with van der Waals surface area (Å²) in [6.07, 6.45) is 8.54. The fraction of sp³-hybridized carbons (Fsp3) is 0.917. The zero-order chi connectivity index (χ0) is 60.5. The van der Waals surface area contributed by atoms with Gasteiger partial charge in [-0.05, 0) is 25.7 Å². The molecule has 0 radical (unpaired) electrons. The van der Waals surface area contributed by atoms with E-state index in [4.69, 9.17) is 23.7 Å². The maximum atomic E-state index is 13.4. The molecule has 0 aromatic carbocycles. The highest BCUT2D eigenvalue weighted by Gasteiger charge is 2.59. The van der Waals surface area contributed by atoms with E-state index < -0.39 is 161 Å². The molecule has 2 amide bonds. The fourth-order valence-electron chi connectivity index (χ4n) is 11.5. The summed E-state index contributed by atoms with van der Waals surface area (Å²) in [4.78, 5) is 38.5. The molecule has 3 aliphatic rings. The van der Waals surface area contributed by atoms with Gasteiger partial charge in [0.25, 0.3) is 0 Å². The highest BCUT2D eigenvalue weighted by Crippen LogP contribution is 2.42. The van der Waals surface area contributed by atoms with E-state index in [0.29, 0.717) is 12.8 Å². The Morgan fingerprint density at radius 1 is 0.646 bits per heavy atom. The number of aliphatic carboxylic acids is 1. The van der Waals surface area contributed by atoms with Crippen LogP contribution in [-0.2, 0) is 38.1 Å². The van der Waals surface area contributed by atoms with Crippen LogP contribution < -0.4 is 10.6 Å². The largest absolute Gasteiger partial charge is 0.479 e. The van der Waals surface area contributed by atoms with Gasteiger partial charge in [-0.3, -0.25) is 9.59 Å². The summed E-state index contributed by atoms with van der Waals surface area (Å²) >= 11 is 0. The van der Waals surface area contributed by atoms with E-state index in [9.17, 15) is 75.7 Å². The van der Waals surface area contributed by atoms with Crippen LogP contribution in [0.15, 0.2) is 12.2 Å². The van der Waals surface area contributed by atoms with Crippen molar-refractivity contribution < 1.29 is 99.3 Å². The number of hydrogen-bond acceptors (Lipinski definition) is 19. The standard InChI is InChI=1S/C60H110N2O20/c1-4-6-8-10-12-14-16-18-19-21-23-25-27-29-31-33-48(70)62-42(43(67)32-30-28-26-24-22-20-17-15-13-11-9-7-5-2)39-78-57-54(75)53(74)55(47(38-65)80-57)81-58-51(72)41(50(71)46(37-64)79-58)34-60(59(76)77)35-44(68)49(61-40(3)66)56(82-60)52(73)45(69)36-63/h30,32,41-47,49-58,63-65,67-69,71-75H,4-29,31,33-39H2,1-3H3,(H,61,66)(H,62,70)(H,76,77)/b32-30-/t41-,42-,43+,44-,45+,46+,47+,49+,50+,51+,52+,53+,54+,55+,56+,57+,58-,60+/m0/s1. The van der Waals surface area contributed by atoms with Gasteiger partial charge in [-0.25, -0.2) is 4.79 Å². The van der Waals surface area contributed by atoms with Gasteiger partial charge in [0, 0.05) is 25.7 Å². The molecule has 18 atom stereocenters. The number of unbranched alkanes of at least 4 members (excludes halogenated alkanes) is 25. The number of carboxylic acid groups (broad SMARTS) is 1. The van der Waals surface area contributed by atoms with Gasteiger partial charge in [0.05, 0.1) is 56.8 Å². The van der Waals surface area contributed by atoms with Gasteiger partial charge in [0.1, 0.15) is 54.9 Å². The first-order valence-corrected chi connectivity index (χ1v) is 31.4. The summed E-state index contributed by atoms with van der Waals surface area (Å²) in [5, 5.41) is 136. The molecular formula is C60H110N2O20. The lowest BCUT2D eigenvalue weighted by Gasteiger charge is -2.51. The van der Waals surface area contributed by atoms with Gasteiger partial charge < -0.3 is 95.6 Å². The topological polar surface area (TPSA) is 364 Å². The van der Waals surface area contributed by atoms with Crippen molar-refractivity contribution in [3.05, 3.63) is 12.2 Å². The zero-order valence-electron chi connectivity index (χ0n) is 49.6. The van der Waals surface area contributed by atoms with E-state index in [0.717, 1.165) is 51.9 Å². The number of rotatable bonds is 45. The summed E-state index contributed by atoms with van der Waals surface area (Å²) < 4.78 is 29.4. The third-order valence-corrected chi connectivity index (χ3v) is 16.6. The number of aliphatic hydroxyl groups excluding tert-OH is 11. The molecule has 3 saturated heterocycles. The van der Waals surface area contributed by atoms with Crippen LogP contribution in [-0.4, -0.2) is 209 Å². The number of carbonyl (C=O) groups is 3. The second-order valence-corrected chi connectivity index (χ2v) is 23.5.